The quantitative estimate of drug-likeness (QED) is 0.0417. The Kier molecular flexibility index (Phi) is 19.9. The summed E-state index contributed by atoms with van der Waals surface area (Å²) in [6.07, 6.45) is 9.51. The average molecular weight is 1340 g/mol. The van der Waals surface area contributed by atoms with Gasteiger partial charge in [-0.25, -0.2) is 55.2 Å². The minimum absolute atomic E-state index is 0. The van der Waals surface area contributed by atoms with Crippen molar-refractivity contribution >= 4 is 92.1 Å². The van der Waals surface area contributed by atoms with E-state index in [0.29, 0.717) is 103 Å². The van der Waals surface area contributed by atoms with Crippen LogP contribution in [-0.2, 0) is 42.6 Å². The Morgan fingerprint density at radius 1 is 0.442 bits per heavy atom. The van der Waals surface area contributed by atoms with Crippen molar-refractivity contribution in [2.45, 2.75) is 98.9 Å². The molecule has 0 radical (unpaired) electrons. The number of rotatable bonds is 17. The van der Waals surface area contributed by atoms with Crippen molar-refractivity contribution in [3.8, 4) is 33.8 Å². The molecule has 3 amide bonds. The van der Waals surface area contributed by atoms with E-state index in [-0.39, 0.29) is 35.3 Å². The molecule has 6 aromatic carbocycles. The van der Waals surface area contributed by atoms with Gasteiger partial charge in [0.1, 0.15) is 16.6 Å². The highest BCUT2D eigenvalue weighted by atomic mass is 32.2. The van der Waals surface area contributed by atoms with E-state index >= 15 is 0 Å². The molecule has 6 heterocycles. The van der Waals surface area contributed by atoms with Crippen LogP contribution in [0.3, 0.4) is 0 Å². The van der Waals surface area contributed by atoms with E-state index in [9.17, 15) is 39.6 Å². The summed E-state index contributed by atoms with van der Waals surface area (Å²) in [6.45, 7) is 14.7. The number of fused-ring (bicyclic) bond motifs is 3. The fraction of sp³-hybridized carbons (Fsp3) is 0.186. The van der Waals surface area contributed by atoms with Crippen LogP contribution in [-0.4, -0.2) is 104 Å². The number of benzene rings is 6. The number of aromatic nitrogens is 9. The van der Waals surface area contributed by atoms with Crippen LogP contribution in [0.2, 0.25) is 0 Å². The number of nitrogen functional groups attached to an aromatic ring is 1. The van der Waals surface area contributed by atoms with Gasteiger partial charge in [0.15, 0.2) is 46.5 Å². The lowest BCUT2D eigenvalue weighted by molar-refractivity contribution is 0.0944. The molecule has 0 saturated carbocycles. The van der Waals surface area contributed by atoms with E-state index in [1.807, 2.05) is 62.4 Å². The summed E-state index contributed by atoms with van der Waals surface area (Å²) >= 11 is 0. The summed E-state index contributed by atoms with van der Waals surface area (Å²) in [7, 11) is -10.0. The lowest BCUT2D eigenvalue weighted by atomic mass is 10.1. The van der Waals surface area contributed by atoms with Gasteiger partial charge in [0.2, 0.25) is 0 Å². The number of hydrogen-bond donors (Lipinski definition) is 7. The van der Waals surface area contributed by atoms with E-state index in [1.54, 1.807) is 176 Å². The second kappa shape index (κ2) is 28.2. The number of hydrogen-bond acceptors (Lipinski definition) is 16. The van der Waals surface area contributed by atoms with Gasteiger partial charge >= 0.3 is 0 Å². The zero-order valence-corrected chi connectivity index (χ0v) is 55.6. The molecular formula is C70H73N13O9S3. The molecule has 0 fully saturated rings. The predicted octanol–water partition coefficient (Wildman–Crippen LogP) is 12.2. The lowest BCUT2D eigenvalue weighted by Crippen LogP contribution is -2.22. The van der Waals surface area contributed by atoms with Gasteiger partial charge in [0.05, 0.1) is 82.8 Å². The molecule has 12 aromatic rings. The molecule has 490 valence electrons. The number of aryl methyl sites for hydroxylation is 2. The van der Waals surface area contributed by atoms with E-state index < -0.39 is 45.3 Å². The molecule has 0 aliphatic carbocycles. The van der Waals surface area contributed by atoms with Crippen molar-refractivity contribution in [3.05, 3.63) is 222 Å². The molecule has 12 rings (SSSR count). The van der Waals surface area contributed by atoms with Crippen LogP contribution < -0.4 is 21.7 Å². The highest BCUT2D eigenvalue weighted by Crippen LogP contribution is 2.29. The van der Waals surface area contributed by atoms with Crippen LogP contribution in [0.15, 0.2) is 197 Å². The number of nitrogens with two attached hydrogens (primary N) is 1. The zero-order chi connectivity index (χ0) is 67.9. The van der Waals surface area contributed by atoms with Gasteiger partial charge < -0.3 is 36.6 Å². The second-order valence-electron chi connectivity index (χ2n) is 23.2. The van der Waals surface area contributed by atoms with Crippen LogP contribution >= 0.6 is 0 Å². The number of amides is 3. The minimum atomic E-state index is -3.35. The first-order valence-electron chi connectivity index (χ1n) is 30.2. The number of aromatic amines is 3. The molecule has 0 atom stereocenters. The zero-order valence-electron chi connectivity index (χ0n) is 53.1. The van der Waals surface area contributed by atoms with Crippen LogP contribution in [0.4, 0.5) is 11.4 Å². The molecule has 8 N–H and O–H groups in total. The van der Waals surface area contributed by atoms with E-state index in [0.717, 1.165) is 27.8 Å². The van der Waals surface area contributed by atoms with Crippen LogP contribution in [0.25, 0.3) is 67.3 Å². The number of anilines is 2. The Balaban J connectivity index is 0.000000184. The first-order chi connectivity index (χ1) is 45.3. The Morgan fingerprint density at radius 2 is 0.800 bits per heavy atom. The highest BCUT2D eigenvalue weighted by molar-refractivity contribution is 7.92. The summed E-state index contributed by atoms with van der Waals surface area (Å²) in [5, 5.41) is 7.15. The molecule has 0 aliphatic rings. The third-order valence-electron chi connectivity index (χ3n) is 15.5. The summed E-state index contributed by atoms with van der Waals surface area (Å²) in [6, 6.07) is 42.3. The van der Waals surface area contributed by atoms with Gasteiger partial charge in [-0.15, -0.1) is 0 Å². The normalized spacial score (nSPS) is 11.7. The lowest BCUT2D eigenvalue weighted by Gasteiger charge is -2.08. The Labute approximate surface area is 552 Å². The number of carbonyl (C=O) groups excluding carboxylic acids is 3. The maximum Gasteiger partial charge on any atom is 0.259 e. The Hall–Kier alpha value is -10.8. The number of carbonyl (C=O) groups is 3. The molecule has 0 unspecified atom stereocenters. The predicted molar refractivity (Wildman–Crippen MR) is 373 cm³/mol. The minimum Gasteiger partial charge on any atom is -0.399 e. The van der Waals surface area contributed by atoms with E-state index in [1.165, 1.54) is 0 Å². The average Bonchev–Trinajstić information content (AvgIpc) is 1.70. The molecular weight excluding hydrogens is 1260 g/mol. The number of H-pyrrole nitrogens is 3. The highest BCUT2D eigenvalue weighted by Gasteiger charge is 2.24. The summed E-state index contributed by atoms with van der Waals surface area (Å²) < 4.78 is 74.0. The number of sulfone groups is 3. The van der Waals surface area contributed by atoms with Crippen molar-refractivity contribution < 1.29 is 42.5 Å². The standard InChI is InChI=1S/2C24H24N4O3S.C22H21N5O3S.2H2/c1-15(2)32(30,31)19-10-8-18(9-11-19)21-14-26-23-22(28-21)20(13-25-23)24(29)27-12-17-6-4-16(3)5-7-17;1-15(2)32(30,31)19-9-7-18(8-10-19)21-14-26-23-22(28-21)20(13-25-23)24(29)27-12-17-6-4-5-16(3)11-17;1-13(2)31(29,30)17-9-3-14(4-10-17)19-12-25-21-20(27-19)18(11-24-21)22(28)26-16-7-5-15(23)6-8-16;;/h2*4-11,13-15H,12H2,1-3H3,(H,25,26)(H,27,29);3-13H,23H2,1-2H3,(H,24,25)(H,26,28);2*1H. The fourth-order valence-corrected chi connectivity index (χ4v) is 12.9. The van der Waals surface area contributed by atoms with Crippen molar-refractivity contribution in [3.63, 3.8) is 0 Å². The van der Waals surface area contributed by atoms with Gasteiger partial charge in [-0.05, 0) is 127 Å². The van der Waals surface area contributed by atoms with Crippen molar-refractivity contribution in [2.75, 3.05) is 11.1 Å². The molecule has 25 heteroatoms. The van der Waals surface area contributed by atoms with Gasteiger partial charge in [0, 0.05) is 62.6 Å². The summed E-state index contributed by atoms with van der Waals surface area (Å²) in [5.74, 6) is -0.829. The van der Waals surface area contributed by atoms with Crippen LogP contribution in [0.1, 0.15) is 97.7 Å². The molecule has 0 saturated heterocycles. The monoisotopic (exact) mass is 1340 g/mol. The topological polar surface area (TPSA) is 340 Å². The molecule has 0 aliphatic heterocycles. The SMILES string of the molecule is CC(C)S(=O)(=O)c1ccc(-c2cnc3[nH]cc(C(=O)Nc4ccc(N)cc4)c3n2)cc1.Cc1ccc(CNC(=O)c2c[nH]c3ncc(-c4ccc(S(=O)(=O)C(C)C)cc4)nc23)cc1.Cc1cccc(CNC(=O)c2c[nH]c3ncc(-c4ccc(S(=O)(=O)C(C)C)cc4)nc23)c1.[HH].[HH]. The third-order valence-corrected chi connectivity index (χ3v) is 22.0. The first kappa shape index (κ1) is 67.1. The largest absolute Gasteiger partial charge is 0.399 e. The van der Waals surface area contributed by atoms with Crippen molar-refractivity contribution in [1.82, 2.24) is 55.5 Å². The summed E-state index contributed by atoms with van der Waals surface area (Å²) in [5.41, 5.74) is 19.0. The smallest absolute Gasteiger partial charge is 0.259 e. The van der Waals surface area contributed by atoms with Crippen LogP contribution in [0.5, 0.6) is 0 Å². The molecule has 0 bridgehead atoms. The number of nitrogens with one attached hydrogen (secondary N) is 6. The van der Waals surface area contributed by atoms with E-state index in [2.05, 4.69) is 60.8 Å². The number of nitrogens with zero attached hydrogens (tertiary/aromatic N) is 6. The molecule has 6 aromatic heterocycles. The van der Waals surface area contributed by atoms with Gasteiger partial charge in [-0.3, -0.25) is 14.4 Å². The Morgan fingerprint density at radius 3 is 1.16 bits per heavy atom. The summed E-state index contributed by atoms with van der Waals surface area (Å²) in [4.78, 5) is 74.9. The van der Waals surface area contributed by atoms with E-state index in [4.69, 9.17) is 5.73 Å². The second-order valence-corrected chi connectivity index (χ2v) is 30.7. The van der Waals surface area contributed by atoms with Gasteiger partial charge in [0.25, 0.3) is 17.7 Å². The molecule has 22 nitrogen and oxygen atoms in total. The van der Waals surface area contributed by atoms with Crippen LogP contribution in [0, 0.1) is 13.8 Å². The molecule has 0 spiro atoms. The van der Waals surface area contributed by atoms with Crippen molar-refractivity contribution in [2.24, 2.45) is 0 Å². The van der Waals surface area contributed by atoms with Gasteiger partial charge in [-0.1, -0.05) is 96.1 Å². The Bertz CT molecular complexity index is 5170. The van der Waals surface area contributed by atoms with Gasteiger partial charge in [-0.2, -0.15) is 0 Å². The van der Waals surface area contributed by atoms with Crippen molar-refractivity contribution in [1.29, 1.82) is 0 Å². The third kappa shape index (κ3) is 15.3. The maximum absolute atomic E-state index is 12.8. The fourth-order valence-electron chi connectivity index (χ4n) is 9.72. The maximum atomic E-state index is 12.8. The first-order valence-corrected chi connectivity index (χ1v) is 34.8. The molecule has 95 heavy (non-hydrogen) atoms.